The van der Waals surface area contributed by atoms with Crippen LogP contribution in [0.1, 0.15) is 56.5 Å². The summed E-state index contributed by atoms with van der Waals surface area (Å²) < 4.78 is 24.8. The van der Waals surface area contributed by atoms with Crippen molar-refractivity contribution >= 4 is 29.1 Å². The lowest BCUT2D eigenvalue weighted by atomic mass is 9.95. The molecule has 2 aromatic carbocycles. The van der Waals surface area contributed by atoms with Gasteiger partial charge in [0.1, 0.15) is 11.5 Å². The zero-order valence-electron chi connectivity index (χ0n) is 25.6. The molecule has 0 radical (unpaired) electrons. The lowest BCUT2D eigenvalue weighted by Gasteiger charge is -2.25. The number of hydrogen-bond donors (Lipinski definition) is 0. The van der Waals surface area contributed by atoms with Gasteiger partial charge in [-0.2, -0.15) is 0 Å². The average Bonchev–Trinajstić information content (AvgIpc) is 3.60. The minimum Gasteiger partial charge on any atom is -0.493 e. The lowest BCUT2D eigenvalue weighted by molar-refractivity contribution is -0.385. The van der Waals surface area contributed by atoms with E-state index in [1.54, 1.807) is 63.2 Å². The molecule has 234 valence electrons. The Morgan fingerprint density at radius 2 is 1.96 bits per heavy atom. The first-order chi connectivity index (χ1) is 21.7. The molecule has 45 heavy (non-hydrogen) atoms. The molecule has 0 N–H and O–H groups in total. The average molecular weight is 632 g/mol. The standard InChI is InChI=1S/C33H33N3O8S/c1-6-8-16-43-26-14-12-21(17-27(26)41-5)30-29(32(38)42-7-2)20(4)34-33-35(30)31(37)28(45-33)18-22-13-15-25(44-22)23-10-9-11-24(19(23)3)36(39)40/h9-15,17-18,30H,6-8,16H2,1-5H3/b28-18+/t30-/m1/s1. The van der Waals surface area contributed by atoms with Crippen molar-refractivity contribution in [3.8, 4) is 22.8 Å². The van der Waals surface area contributed by atoms with Crippen LogP contribution in [0.5, 0.6) is 11.5 Å². The van der Waals surface area contributed by atoms with Crippen molar-refractivity contribution in [2.45, 2.75) is 46.6 Å². The third-order valence-electron chi connectivity index (χ3n) is 7.44. The van der Waals surface area contributed by atoms with Crippen LogP contribution in [0.4, 0.5) is 5.69 Å². The largest absolute Gasteiger partial charge is 0.493 e. The number of methoxy groups -OCH3 is 1. The van der Waals surface area contributed by atoms with E-state index in [4.69, 9.17) is 18.6 Å². The molecule has 3 heterocycles. The second kappa shape index (κ2) is 13.3. The molecule has 1 aliphatic heterocycles. The zero-order valence-corrected chi connectivity index (χ0v) is 26.4. The van der Waals surface area contributed by atoms with Crippen LogP contribution < -0.4 is 24.4 Å². The molecule has 2 aromatic heterocycles. The van der Waals surface area contributed by atoms with Crippen LogP contribution >= 0.6 is 11.3 Å². The van der Waals surface area contributed by atoms with Crippen LogP contribution in [0.2, 0.25) is 0 Å². The normalized spacial score (nSPS) is 14.6. The molecule has 0 amide bonds. The molecule has 0 unspecified atom stereocenters. The Kier molecular flexibility index (Phi) is 9.33. The van der Waals surface area contributed by atoms with E-state index in [2.05, 4.69) is 11.9 Å². The van der Waals surface area contributed by atoms with Gasteiger partial charge in [0.05, 0.1) is 47.1 Å². The van der Waals surface area contributed by atoms with E-state index in [1.165, 1.54) is 17.7 Å². The molecule has 0 aliphatic carbocycles. The van der Waals surface area contributed by atoms with Gasteiger partial charge in [0, 0.05) is 23.3 Å². The predicted octanol–water partition coefficient (Wildman–Crippen LogP) is 5.46. The number of thiazole rings is 1. The molecule has 0 fully saturated rings. The monoisotopic (exact) mass is 631 g/mol. The Morgan fingerprint density at radius 1 is 1.16 bits per heavy atom. The van der Waals surface area contributed by atoms with Crippen molar-refractivity contribution in [1.29, 1.82) is 0 Å². The topological polar surface area (TPSA) is 135 Å². The summed E-state index contributed by atoms with van der Waals surface area (Å²) in [5.41, 5.74) is 1.99. The number of nitrogens with zero attached hydrogens (tertiary/aromatic N) is 3. The molecule has 5 rings (SSSR count). The van der Waals surface area contributed by atoms with Gasteiger partial charge in [-0.25, -0.2) is 9.79 Å². The molecule has 1 atom stereocenters. The summed E-state index contributed by atoms with van der Waals surface area (Å²) in [6.07, 6.45) is 3.47. The SMILES string of the molecule is CCCCOc1ccc([C@@H]2C(C(=O)OCC)=C(C)N=c3s/c(=C/c4ccc(-c5cccc([N+](=O)[O-])c5C)o4)c(=O)n32)cc1OC. The summed E-state index contributed by atoms with van der Waals surface area (Å²) in [4.78, 5) is 43.3. The molecule has 12 heteroatoms. The molecule has 0 saturated carbocycles. The maximum Gasteiger partial charge on any atom is 0.338 e. The van der Waals surface area contributed by atoms with Crippen LogP contribution in [0.25, 0.3) is 17.4 Å². The first-order valence-corrected chi connectivity index (χ1v) is 15.3. The van der Waals surface area contributed by atoms with Crippen LogP contribution in [0, 0.1) is 17.0 Å². The fourth-order valence-corrected chi connectivity index (χ4v) is 6.23. The highest BCUT2D eigenvalue weighted by Crippen LogP contribution is 2.36. The summed E-state index contributed by atoms with van der Waals surface area (Å²) in [6, 6.07) is 12.7. The van der Waals surface area contributed by atoms with Crippen LogP contribution in [0.3, 0.4) is 0 Å². The number of carbonyl (C=O) groups excluding carboxylic acids is 1. The van der Waals surface area contributed by atoms with Crippen molar-refractivity contribution in [1.82, 2.24) is 4.57 Å². The Balaban J connectivity index is 1.61. The number of ether oxygens (including phenoxy) is 3. The van der Waals surface area contributed by atoms with Crippen molar-refractivity contribution < 1.29 is 28.3 Å². The number of rotatable bonds is 11. The van der Waals surface area contributed by atoms with E-state index in [0.717, 1.165) is 24.2 Å². The van der Waals surface area contributed by atoms with Gasteiger partial charge in [-0.15, -0.1) is 0 Å². The van der Waals surface area contributed by atoms with Gasteiger partial charge in [-0.1, -0.05) is 42.9 Å². The van der Waals surface area contributed by atoms with Gasteiger partial charge in [0.15, 0.2) is 16.3 Å². The van der Waals surface area contributed by atoms with Gasteiger partial charge in [-0.3, -0.25) is 19.5 Å². The number of esters is 1. The van der Waals surface area contributed by atoms with E-state index < -0.39 is 16.9 Å². The summed E-state index contributed by atoms with van der Waals surface area (Å²) in [6.45, 7) is 7.87. The van der Waals surface area contributed by atoms with E-state index in [1.807, 2.05) is 6.07 Å². The van der Waals surface area contributed by atoms with Crippen molar-refractivity contribution in [3.63, 3.8) is 0 Å². The third-order valence-corrected chi connectivity index (χ3v) is 8.43. The molecule has 11 nitrogen and oxygen atoms in total. The number of benzene rings is 2. The highest BCUT2D eigenvalue weighted by Gasteiger charge is 2.34. The number of fused-ring (bicyclic) bond motifs is 1. The van der Waals surface area contributed by atoms with Crippen molar-refractivity contribution in [3.05, 3.63) is 106 Å². The lowest BCUT2D eigenvalue weighted by Crippen LogP contribution is -2.39. The zero-order chi connectivity index (χ0) is 32.2. The minimum atomic E-state index is -0.833. The number of hydrogen-bond acceptors (Lipinski definition) is 10. The van der Waals surface area contributed by atoms with E-state index in [-0.39, 0.29) is 23.4 Å². The Labute approximate surface area is 262 Å². The fraction of sp³-hybridized carbons (Fsp3) is 0.303. The van der Waals surface area contributed by atoms with Gasteiger partial charge in [0.25, 0.3) is 11.2 Å². The van der Waals surface area contributed by atoms with Crippen molar-refractivity contribution in [2.24, 2.45) is 4.99 Å². The smallest absolute Gasteiger partial charge is 0.338 e. The Bertz CT molecular complexity index is 1980. The molecular formula is C33H33N3O8S. The first kappa shape index (κ1) is 31.5. The number of nitro benzene ring substituents is 1. The maximum absolute atomic E-state index is 14.0. The van der Waals surface area contributed by atoms with Crippen LogP contribution in [-0.4, -0.2) is 35.8 Å². The number of carbonyl (C=O) groups is 1. The van der Waals surface area contributed by atoms with Gasteiger partial charge in [0.2, 0.25) is 0 Å². The summed E-state index contributed by atoms with van der Waals surface area (Å²) in [7, 11) is 1.54. The number of furan rings is 1. The predicted molar refractivity (Wildman–Crippen MR) is 169 cm³/mol. The maximum atomic E-state index is 14.0. The van der Waals surface area contributed by atoms with Gasteiger partial charge in [-0.05, 0) is 57.0 Å². The molecule has 0 saturated heterocycles. The second-order valence-electron chi connectivity index (χ2n) is 10.3. The van der Waals surface area contributed by atoms with Crippen molar-refractivity contribution in [2.75, 3.05) is 20.3 Å². The molecule has 0 bridgehead atoms. The number of nitro groups is 1. The second-order valence-corrected chi connectivity index (χ2v) is 11.3. The fourth-order valence-electron chi connectivity index (χ4n) is 5.20. The summed E-state index contributed by atoms with van der Waals surface area (Å²) in [5, 5.41) is 11.4. The van der Waals surface area contributed by atoms with E-state index in [0.29, 0.717) is 61.3 Å². The quantitative estimate of drug-likeness (QED) is 0.0922. The minimum absolute atomic E-state index is 0.0104. The molecule has 0 spiro atoms. The van der Waals surface area contributed by atoms with Gasteiger partial charge >= 0.3 is 5.97 Å². The van der Waals surface area contributed by atoms with E-state index in [9.17, 15) is 19.7 Å². The highest BCUT2D eigenvalue weighted by molar-refractivity contribution is 7.07. The summed E-state index contributed by atoms with van der Waals surface area (Å²) >= 11 is 1.16. The number of allylic oxidation sites excluding steroid dienone is 1. The van der Waals surface area contributed by atoms with E-state index >= 15 is 0 Å². The number of aromatic nitrogens is 1. The Morgan fingerprint density at radius 3 is 2.67 bits per heavy atom. The molecular weight excluding hydrogens is 598 g/mol. The highest BCUT2D eigenvalue weighted by atomic mass is 32.1. The first-order valence-electron chi connectivity index (χ1n) is 14.5. The van der Waals surface area contributed by atoms with Crippen LogP contribution in [0.15, 0.2) is 74.0 Å². The Hall–Kier alpha value is -4.97. The molecule has 4 aromatic rings. The summed E-state index contributed by atoms with van der Waals surface area (Å²) in [5.74, 6) is 1.29. The van der Waals surface area contributed by atoms with Crippen LogP contribution in [-0.2, 0) is 9.53 Å². The van der Waals surface area contributed by atoms with Gasteiger partial charge < -0.3 is 18.6 Å². The third kappa shape index (κ3) is 6.18. The molecule has 1 aliphatic rings. The number of unbranched alkanes of at least 4 members (excludes halogenated alkanes) is 1.